The van der Waals surface area contributed by atoms with Gasteiger partial charge in [0, 0.05) is 13.0 Å². The smallest absolute Gasteiger partial charge is 0.305 e. The number of ether oxygens (including phenoxy) is 8. The Morgan fingerprint density at radius 2 is 0.578 bits per heavy atom. The van der Waals surface area contributed by atoms with E-state index in [0.717, 1.165) is 25.9 Å². The van der Waals surface area contributed by atoms with E-state index in [1.807, 2.05) is 0 Å². The van der Waals surface area contributed by atoms with Crippen LogP contribution in [0.2, 0.25) is 0 Å². The van der Waals surface area contributed by atoms with Crippen LogP contribution in [-0.2, 0) is 42.7 Å². The van der Waals surface area contributed by atoms with Crippen molar-refractivity contribution in [3.8, 4) is 0 Å². The van der Waals surface area contributed by atoms with Crippen molar-refractivity contribution in [2.75, 3.05) is 99.1 Å². The van der Waals surface area contributed by atoms with Crippen LogP contribution in [0.5, 0.6) is 0 Å². The maximum Gasteiger partial charge on any atom is 0.305 e. The minimum absolute atomic E-state index is 0.128. The van der Waals surface area contributed by atoms with E-state index >= 15 is 0 Å². The second-order valence-corrected chi connectivity index (χ2v) is 11.6. The van der Waals surface area contributed by atoms with E-state index in [2.05, 4.69) is 13.8 Å². The fourth-order valence-corrected chi connectivity index (χ4v) is 4.63. The third-order valence-corrected chi connectivity index (χ3v) is 7.35. The summed E-state index contributed by atoms with van der Waals surface area (Å²) >= 11 is 0. The van der Waals surface area contributed by atoms with E-state index in [1.165, 1.54) is 89.9 Å². The lowest BCUT2D eigenvalue weighted by molar-refractivity contribution is -0.145. The van der Waals surface area contributed by atoms with Crippen LogP contribution < -0.4 is 0 Å². The number of hydrogen-bond acceptors (Lipinski definition) is 9. The summed E-state index contributed by atoms with van der Waals surface area (Å²) in [5, 5.41) is 0. The molecule has 0 rings (SSSR count). The average molecular weight is 649 g/mol. The van der Waals surface area contributed by atoms with Crippen LogP contribution in [0, 0.1) is 0 Å². The van der Waals surface area contributed by atoms with E-state index in [-0.39, 0.29) is 5.97 Å². The molecule has 0 N–H and O–H groups in total. The standard InChI is InChI=1S/C36H72O9/c1-3-5-7-9-11-13-14-16-18-20-36(37)45-35-34-44-33-32-43-31-30-42-29-28-41-27-26-40-25-24-39-23-22-38-21-19-17-15-12-10-8-6-4-2/h3-35H2,1-2H3. The van der Waals surface area contributed by atoms with Gasteiger partial charge in [-0.05, 0) is 12.8 Å². The van der Waals surface area contributed by atoms with Crippen LogP contribution in [0.3, 0.4) is 0 Å². The van der Waals surface area contributed by atoms with Crippen LogP contribution >= 0.6 is 0 Å². The quantitative estimate of drug-likeness (QED) is 0.0489. The zero-order valence-corrected chi connectivity index (χ0v) is 29.5. The summed E-state index contributed by atoms with van der Waals surface area (Å²) in [6.07, 6.45) is 22.2. The first kappa shape index (κ1) is 44.2. The molecule has 0 saturated carbocycles. The summed E-state index contributed by atoms with van der Waals surface area (Å²) < 4.78 is 43.8. The molecule has 0 aromatic heterocycles. The van der Waals surface area contributed by atoms with E-state index < -0.39 is 0 Å². The van der Waals surface area contributed by atoms with Gasteiger partial charge in [0.05, 0.1) is 85.9 Å². The second kappa shape index (κ2) is 41.2. The largest absolute Gasteiger partial charge is 0.463 e. The van der Waals surface area contributed by atoms with Gasteiger partial charge in [-0.2, -0.15) is 0 Å². The van der Waals surface area contributed by atoms with E-state index in [1.54, 1.807) is 0 Å². The monoisotopic (exact) mass is 649 g/mol. The molecule has 0 radical (unpaired) electrons. The molecular weight excluding hydrogens is 576 g/mol. The highest BCUT2D eigenvalue weighted by atomic mass is 16.6. The molecule has 0 bridgehead atoms. The third kappa shape index (κ3) is 41.2. The van der Waals surface area contributed by atoms with Gasteiger partial charge in [0.2, 0.25) is 0 Å². The molecule has 0 saturated heterocycles. The van der Waals surface area contributed by atoms with Crippen molar-refractivity contribution >= 4 is 5.97 Å². The number of carbonyl (C=O) groups is 1. The van der Waals surface area contributed by atoms with Gasteiger partial charge in [0.15, 0.2) is 0 Å². The van der Waals surface area contributed by atoms with E-state index in [9.17, 15) is 4.79 Å². The van der Waals surface area contributed by atoms with Crippen LogP contribution in [0.25, 0.3) is 0 Å². The predicted molar refractivity (Wildman–Crippen MR) is 181 cm³/mol. The Balaban J connectivity index is 3.10. The molecule has 0 aliphatic carbocycles. The second-order valence-electron chi connectivity index (χ2n) is 11.6. The topological polar surface area (TPSA) is 90.9 Å². The van der Waals surface area contributed by atoms with Gasteiger partial charge >= 0.3 is 5.97 Å². The van der Waals surface area contributed by atoms with Crippen molar-refractivity contribution in [3.05, 3.63) is 0 Å². The molecule has 270 valence electrons. The van der Waals surface area contributed by atoms with Gasteiger partial charge in [-0.1, -0.05) is 110 Å². The van der Waals surface area contributed by atoms with Gasteiger partial charge in [0.25, 0.3) is 0 Å². The molecule has 0 atom stereocenters. The highest BCUT2D eigenvalue weighted by Crippen LogP contribution is 2.11. The van der Waals surface area contributed by atoms with Gasteiger partial charge in [0.1, 0.15) is 6.61 Å². The lowest BCUT2D eigenvalue weighted by Crippen LogP contribution is -2.15. The molecule has 0 aliphatic rings. The highest BCUT2D eigenvalue weighted by molar-refractivity contribution is 5.69. The Hall–Kier alpha value is -0.810. The summed E-state index contributed by atoms with van der Waals surface area (Å²) in [4.78, 5) is 11.8. The molecule has 0 heterocycles. The maximum absolute atomic E-state index is 11.8. The zero-order chi connectivity index (χ0) is 32.6. The van der Waals surface area contributed by atoms with E-state index in [4.69, 9.17) is 37.9 Å². The van der Waals surface area contributed by atoms with Crippen molar-refractivity contribution in [2.45, 2.75) is 129 Å². The van der Waals surface area contributed by atoms with Crippen molar-refractivity contribution in [3.63, 3.8) is 0 Å². The van der Waals surface area contributed by atoms with Crippen molar-refractivity contribution < 1.29 is 42.7 Å². The Morgan fingerprint density at radius 1 is 0.311 bits per heavy atom. The Labute approximate surface area is 277 Å². The SMILES string of the molecule is CCCCCCCCCCCC(=O)OCCOCCOCCOCCOCCOCCOCCOCCCCCCCCCC. The summed E-state index contributed by atoms with van der Waals surface area (Å²) in [7, 11) is 0. The zero-order valence-electron chi connectivity index (χ0n) is 29.5. The molecule has 0 fully saturated rings. The Morgan fingerprint density at radius 3 is 0.933 bits per heavy atom. The van der Waals surface area contributed by atoms with Gasteiger partial charge in [-0.25, -0.2) is 0 Å². The van der Waals surface area contributed by atoms with Crippen LogP contribution in [0.4, 0.5) is 0 Å². The van der Waals surface area contributed by atoms with Crippen LogP contribution in [-0.4, -0.2) is 105 Å². The van der Waals surface area contributed by atoms with Crippen molar-refractivity contribution in [1.82, 2.24) is 0 Å². The lowest BCUT2D eigenvalue weighted by Gasteiger charge is -2.09. The molecule has 0 amide bonds. The van der Waals surface area contributed by atoms with Crippen LogP contribution in [0.15, 0.2) is 0 Å². The summed E-state index contributed by atoms with van der Waals surface area (Å²) in [6, 6.07) is 0. The fourth-order valence-electron chi connectivity index (χ4n) is 4.63. The summed E-state index contributed by atoms with van der Waals surface area (Å²) in [5.41, 5.74) is 0. The van der Waals surface area contributed by atoms with Crippen molar-refractivity contribution in [2.24, 2.45) is 0 Å². The summed E-state index contributed by atoms with van der Waals surface area (Å²) in [6.45, 7) is 12.5. The lowest BCUT2D eigenvalue weighted by atomic mass is 10.1. The number of rotatable bonds is 40. The van der Waals surface area contributed by atoms with Gasteiger partial charge < -0.3 is 37.9 Å². The summed E-state index contributed by atoms with van der Waals surface area (Å²) in [5.74, 6) is -0.128. The van der Waals surface area contributed by atoms with Gasteiger partial charge in [-0.3, -0.25) is 4.79 Å². The van der Waals surface area contributed by atoms with Crippen LogP contribution in [0.1, 0.15) is 129 Å². The number of unbranched alkanes of at least 4 members (excludes halogenated alkanes) is 15. The third-order valence-electron chi connectivity index (χ3n) is 7.35. The molecule has 0 aromatic carbocycles. The minimum atomic E-state index is -0.128. The van der Waals surface area contributed by atoms with Gasteiger partial charge in [-0.15, -0.1) is 0 Å². The predicted octanol–water partition coefficient (Wildman–Crippen LogP) is 7.71. The Bertz CT molecular complexity index is 551. The molecule has 45 heavy (non-hydrogen) atoms. The first-order chi connectivity index (χ1) is 22.3. The number of carbonyl (C=O) groups excluding carboxylic acids is 1. The molecular formula is C36H72O9. The number of esters is 1. The molecule has 9 heteroatoms. The maximum atomic E-state index is 11.8. The highest BCUT2D eigenvalue weighted by Gasteiger charge is 2.03. The van der Waals surface area contributed by atoms with E-state index in [0.29, 0.717) is 98.9 Å². The normalized spacial score (nSPS) is 11.4. The van der Waals surface area contributed by atoms with Crippen molar-refractivity contribution in [1.29, 1.82) is 0 Å². The molecule has 0 aromatic rings. The molecule has 0 aliphatic heterocycles. The molecule has 0 unspecified atom stereocenters. The average Bonchev–Trinajstić information content (AvgIpc) is 3.05. The number of hydrogen-bond donors (Lipinski definition) is 0. The Kier molecular flexibility index (Phi) is 40.5. The molecule has 9 nitrogen and oxygen atoms in total. The minimum Gasteiger partial charge on any atom is -0.463 e. The first-order valence-electron chi connectivity index (χ1n) is 18.5. The first-order valence-corrected chi connectivity index (χ1v) is 18.5. The fraction of sp³-hybridized carbons (Fsp3) is 0.972. The molecule has 0 spiro atoms.